The van der Waals surface area contributed by atoms with Crippen LogP contribution in [-0.2, 0) is 0 Å². The van der Waals surface area contributed by atoms with Crippen LogP contribution in [0.3, 0.4) is 0 Å². The molecule has 0 saturated carbocycles. The minimum atomic E-state index is 0.240. The van der Waals surface area contributed by atoms with Crippen LogP contribution in [0.1, 0.15) is 0 Å². The van der Waals surface area contributed by atoms with Gasteiger partial charge >= 0.3 is 0 Å². The fraction of sp³-hybridized carbons (Fsp3) is 0.300. The lowest BCUT2D eigenvalue weighted by Gasteiger charge is -2.10. The average molecular weight is 192 g/mol. The zero-order valence-electron chi connectivity index (χ0n) is 8.20. The summed E-state index contributed by atoms with van der Waals surface area (Å²) in [6, 6.07) is 7.38. The van der Waals surface area contributed by atoms with E-state index in [9.17, 15) is 0 Å². The van der Waals surface area contributed by atoms with Gasteiger partial charge in [0, 0.05) is 6.07 Å². The molecule has 74 valence electrons. The number of nitrogens with one attached hydrogen (secondary N) is 1. The molecule has 0 saturated heterocycles. The molecule has 0 aliphatic rings. The Hall–Kier alpha value is -1.89. The standard InChI is InChI=1S/C10H12N2O2/c1-13-8-3-4-10(14-2)9(7-8)12-6-5-11/h3-4,7,12H,6H2,1-2H3. The van der Waals surface area contributed by atoms with E-state index in [0.717, 1.165) is 11.4 Å². The first-order chi connectivity index (χ1) is 6.81. The summed E-state index contributed by atoms with van der Waals surface area (Å²) in [6.45, 7) is 0.240. The van der Waals surface area contributed by atoms with Gasteiger partial charge in [-0.2, -0.15) is 5.26 Å². The van der Waals surface area contributed by atoms with E-state index < -0.39 is 0 Å². The van der Waals surface area contributed by atoms with E-state index in [0.29, 0.717) is 5.75 Å². The van der Waals surface area contributed by atoms with E-state index in [1.807, 2.05) is 6.07 Å². The Morgan fingerprint density at radius 1 is 1.36 bits per heavy atom. The van der Waals surface area contributed by atoms with Crippen molar-refractivity contribution in [3.05, 3.63) is 18.2 Å². The van der Waals surface area contributed by atoms with Gasteiger partial charge in [-0.3, -0.25) is 0 Å². The molecule has 1 N–H and O–H groups in total. The number of nitriles is 1. The number of nitrogens with zero attached hydrogens (tertiary/aromatic N) is 1. The van der Waals surface area contributed by atoms with Crippen molar-refractivity contribution in [3.8, 4) is 17.6 Å². The summed E-state index contributed by atoms with van der Waals surface area (Å²) >= 11 is 0. The minimum absolute atomic E-state index is 0.240. The third-order valence-electron chi connectivity index (χ3n) is 1.76. The smallest absolute Gasteiger partial charge is 0.142 e. The van der Waals surface area contributed by atoms with Gasteiger partial charge in [-0.15, -0.1) is 0 Å². The van der Waals surface area contributed by atoms with Crippen LogP contribution in [0.5, 0.6) is 11.5 Å². The molecule has 0 aliphatic carbocycles. The SMILES string of the molecule is COc1ccc(OC)c(NCC#N)c1. The van der Waals surface area contributed by atoms with Crippen LogP contribution in [0.4, 0.5) is 5.69 Å². The third kappa shape index (κ3) is 2.30. The predicted octanol–water partition coefficient (Wildman–Crippen LogP) is 1.64. The topological polar surface area (TPSA) is 54.3 Å². The van der Waals surface area contributed by atoms with Crippen molar-refractivity contribution in [2.75, 3.05) is 26.1 Å². The molecular weight excluding hydrogens is 180 g/mol. The van der Waals surface area contributed by atoms with Crippen LogP contribution in [-0.4, -0.2) is 20.8 Å². The molecule has 0 unspecified atom stereocenters. The van der Waals surface area contributed by atoms with Crippen molar-refractivity contribution < 1.29 is 9.47 Å². The number of hydrogen-bond acceptors (Lipinski definition) is 4. The maximum Gasteiger partial charge on any atom is 0.142 e. The first-order valence-electron chi connectivity index (χ1n) is 4.14. The van der Waals surface area contributed by atoms with Crippen molar-refractivity contribution in [1.82, 2.24) is 0 Å². The lowest BCUT2D eigenvalue weighted by atomic mass is 10.2. The van der Waals surface area contributed by atoms with E-state index in [1.54, 1.807) is 32.4 Å². The molecule has 0 atom stereocenters. The van der Waals surface area contributed by atoms with Crippen molar-refractivity contribution in [3.63, 3.8) is 0 Å². The molecular formula is C10H12N2O2. The minimum Gasteiger partial charge on any atom is -0.497 e. The lowest BCUT2D eigenvalue weighted by Crippen LogP contribution is -2.01. The number of rotatable bonds is 4. The monoisotopic (exact) mass is 192 g/mol. The Balaban J connectivity index is 2.91. The molecule has 1 rings (SSSR count). The highest BCUT2D eigenvalue weighted by Gasteiger charge is 2.03. The van der Waals surface area contributed by atoms with Gasteiger partial charge in [-0.1, -0.05) is 0 Å². The van der Waals surface area contributed by atoms with Crippen LogP contribution in [0.15, 0.2) is 18.2 Å². The number of hydrogen-bond donors (Lipinski definition) is 1. The zero-order chi connectivity index (χ0) is 10.4. The predicted molar refractivity (Wildman–Crippen MR) is 53.6 cm³/mol. The van der Waals surface area contributed by atoms with Gasteiger partial charge in [0.2, 0.25) is 0 Å². The summed E-state index contributed by atoms with van der Waals surface area (Å²) in [6.07, 6.45) is 0. The quantitative estimate of drug-likeness (QED) is 0.737. The highest BCUT2D eigenvalue weighted by Crippen LogP contribution is 2.28. The normalized spacial score (nSPS) is 8.93. The van der Waals surface area contributed by atoms with Gasteiger partial charge < -0.3 is 14.8 Å². The lowest BCUT2D eigenvalue weighted by molar-refractivity contribution is 0.404. The zero-order valence-corrected chi connectivity index (χ0v) is 8.20. The van der Waals surface area contributed by atoms with Crippen LogP contribution in [0, 0.1) is 11.3 Å². The van der Waals surface area contributed by atoms with Gasteiger partial charge in [0.25, 0.3) is 0 Å². The molecule has 4 heteroatoms. The Bertz CT molecular complexity index is 344. The van der Waals surface area contributed by atoms with E-state index in [-0.39, 0.29) is 6.54 Å². The van der Waals surface area contributed by atoms with Crippen LogP contribution in [0.25, 0.3) is 0 Å². The molecule has 4 nitrogen and oxygen atoms in total. The van der Waals surface area contributed by atoms with Crippen molar-refractivity contribution in [2.24, 2.45) is 0 Å². The second-order valence-corrected chi connectivity index (χ2v) is 2.58. The summed E-state index contributed by atoms with van der Waals surface area (Å²) in [4.78, 5) is 0. The number of methoxy groups -OCH3 is 2. The number of anilines is 1. The third-order valence-corrected chi connectivity index (χ3v) is 1.76. The second kappa shape index (κ2) is 4.97. The summed E-state index contributed by atoms with van der Waals surface area (Å²) in [5.74, 6) is 1.42. The van der Waals surface area contributed by atoms with E-state index in [4.69, 9.17) is 14.7 Å². The molecule has 0 heterocycles. The van der Waals surface area contributed by atoms with E-state index >= 15 is 0 Å². The Kier molecular flexibility index (Phi) is 3.62. The molecule has 14 heavy (non-hydrogen) atoms. The molecule has 0 fully saturated rings. The maximum absolute atomic E-state index is 8.43. The number of ether oxygens (including phenoxy) is 2. The highest BCUT2D eigenvalue weighted by atomic mass is 16.5. The summed E-state index contributed by atoms with van der Waals surface area (Å²) in [5, 5.41) is 11.4. The fourth-order valence-electron chi connectivity index (χ4n) is 1.09. The Morgan fingerprint density at radius 3 is 2.71 bits per heavy atom. The Morgan fingerprint density at radius 2 is 2.14 bits per heavy atom. The first-order valence-corrected chi connectivity index (χ1v) is 4.14. The van der Waals surface area contributed by atoms with E-state index in [1.165, 1.54) is 0 Å². The molecule has 0 aromatic heterocycles. The van der Waals surface area contributed by atoms with Gasteiger partial charge in [0.15, 0.2) is 0 Å². The van der Waals surface area contributed by atoms with Crippen LogP contribution >= 0.6 is 0 Å². The first kappa shape index (κ1) is 10.2. The molecule has 0 bridgehead atoms. The molecule has 0 radical (unpaired) electrons. The fourth-order valence-corrected chi connectivity index (χ4v) is 1.09. The summed E-state index contributed by atoms with van der Waals surface area (Å²) < 4.78 is 10.2. The largest absolute Gasteiger partial charge is 0.497 e. The highest BCUT2D eigenvalue weighted by molar-refractivity contribution is 5.60. The molecule has 0 aliphatic heterocycles. The molecule has 0 amide bonds. The molecule has 1 aromatic rings. The van der Waals surface area contributed by atoms with Gasteiger partial charge in [-0.25, -0.2) is 0 Å². The van der Waals surface area contributed by atoms with E-state index in [2.05, 4.69) is 5.32 Å². The van der Waals surface area contributed by atoms with Gasteiger partial charge in [0.1, 0.15) is 18.0 Å². The molecule has 1 aromatic carbocycles. The van der Waals surface area contributed by atoms with Gasteiger partial charge in [0.05, 0.1) is 26.0 Å². The molecule has 0 spiro atoms. The van der Waals surface area contributed by atoms with Crippen molar-refractivity contribution in [2.45, 2.75) is 0 Å². The average Bonchev–Trinajstić information content (AvgIpc) is 2.25. The van der Waals surface area contributed by atoms with Gasteiger partial charge in [-0.05, 0) is 12.1 Å². The Labute approximate surface area is 83.1 Å². The second-order valence-electron chi connectivity index (χ2n) is 2.58. The summed E-state index contributed by atoms with van der Waals surface area (Å²) in [5.41, 5.74) is 0.758. The van der Waals surface area contributed by atoms with Crippen molar-refractivity contribution >= 4 is 5.69 Å². The maximum atomic E-state index is 8.43. The number of benzene rings is 1. The van der Waals surface area contributed by atoms with Crippen LogP contribution < -0.4 is 14.8 Å². The van der Waals surface area contributed by atoms with Crippen molar-refractivity contribution in [1.29, 1.82) is 5.26 Å². The summed E-state index contributed by atoms with van der Waals surface area (Å²) in [7, 11) is 3.18. The van der Waals surface area contributed by atoms with Crippen LogP contribution in [0.2, 0.25) is 0 Å².